The minimum Gasteiger partial charge on any atom is -0.319 e. The average molecular weight is 420 g/mol. The Labute approximate surface area is 169 Å². The first-order chi connectivity index (χ1) is 13.4. The molecular formula is C18H15Cl2N5O3. The van der Waals surface area contributed by atoms with E-state index in [1.165, 1.54) is 0 Å². The number of H-pyrrole nitrogens is 1. The molecule has 1 aromatic carbocycles. The Morgan fingerprint density at radius 3 is 2.50 bits per heavy atom. The molecule has 0 spiro atoms. The monoisotopic (exact) mass is 419 g/mol. The summed E-state index contributed by atoms with van der Waals surface area (Å²) in [7, 11) is 0. The molecule has 0 atom stereocenters. The predicted molar refractivity (Wildman–Crippen MR) is 105 cm³/mol. The Bertz CT molecular complexity index is 1050. The summed E-state index contributed by atoms with van der Waals surface area (Å²) in [6.07, 6.45) is 2.35. The van der Waals surface area contributed by atoms with E-state index in [2.05, 4.69) is 25.8 Å². The van der Waals surface area contributed by atoms with Crippen molar-refractivity contribution in [2.75, 3.05) is 11.9 Å². The van der Waals surface area contributed by atoms with Gasteiger partial charge in [-0.3, -0.25) is 19.4 Å². The van der Waals surface area contributed by atoms with Crippen molar-refractivity contribution in [1.82, 2.24) is 15.5 Å². The van der Waals surface area contributed by atoms with E-state index in [9.17, 15) is 14.4 Å². The van der Waals surface area contributed by atoms with Crippen molar-refractivity contribution in [3.05, 3.63) is 55.4 Å². The third-order valence-corrected chi connectivity index (χ3v) is 5.19. The summed E-state index contributed by atoms with van der Waals surface area (Å²) in [5.41, 5.74) is 2.24. The summed E-state index contributed by atoms with van der Waals surface area (Å²) >= 11 is 12.7. The van der Waals surface area contributed by atoms with Gasteiger partial charge in [-0.2, -0.15) is 5.10 Å². The molecule has 28 heavy (non-hydrogen) atoms. The van der Waals surface area contributed by atoms with Crippen LogP contribution in [0.1, 0.15) is 35.6 Å². The molecule has 0 bridgehead atoms. The third-order valence-electron chi connectivity index (χ3n) is 4.51. The van der Waals surface area contributed by atoms with E-state index < -0.39 is 5.91 Å². The molecule has 1 saturated carbocycles. The predicted octanol–water partition coefficient (Wildman–Crippen LogP) is 2.01. The molecule has 1 aliphatic carbocycles. The molecule has 2 aliphatic rings. The molecule has 1 aliphatic heterocycles. The van der Waals surface area contributed by atoms with Gasteiger partial charge < -0.3 is 10.6 Å². The van der Waals surface area contributed by atoms with Crippen LogP contribution in [0.15, 0.2) is 28.0 Å². The summed E-state index contributed by atoms with van der Waals surface area (Å²) in [4.78, 5) is 38.9. The van der Waals surface area contributed by atoms with Crippen LogP contribution in [-0.4, -0.2) is 34.4 Å². The third kappa shape index (κ3) is 3.93. The van der Waals surface area contributed by atoms with Crippen molar-refractivity contribution in [1.29, 1.82) is 0 Å². The number of carbonyl (C=O) groups excluding carboxylic acids is 2. The van der Waals surface area contributed by atoms with Gasteiger partial charge in [-0.05, 0) is 42.5 Å². The van der Waals surface area contributed by atoms with Crippen molar-refractivity contribution >= 4 is 46.5 Å². The van der Waals surface area contributed by atoms with Gasteiger partial charge in [0.2, 0.25) is 5.91 Å². The van der Waals surface area contributed by atoms with Crippen LogP contribution in [-0.2, 0) is 16.0 Å². The number of aliphatic imine (C=N–C) groups is 1. The molecule has 0 radical (unpaired) electrons. The molecule has 0 saturated heterocycles. The summed E-state index contributed by atoms with van der Waals surface area (Å²) in [5, 5.41) is 12.3. The number of benzene rings is 1. The van der Waals surface area contributed by atoms with Crippen molar-refractivity contribution in [2.45, 2.75) is 25.2 Å². The van der Waals surface area contributed by atoms with Gasteiger partial charge in [0.1, 0.15) is 6.54 Å². The number of nitrogens with one attached hydrogen (secondary N) is 3. The second-order valence-corrected chi connectivity index (χ2v) is 7.49. The number of aromatic amines is 1. The number of amidine groups is 1. The van der Waals surface area contributed by atoms with Crippen LogP contribution in [0.3, 0.4) is 0 Å². The normalized spacial score (nSPS) is 15.9. The van der Waals surface area contributed by atoms with E-state index in [4.69, 9.17) is 23.2 Å². The summed E-state index contributed by atoms with van der Waals surface area (Å²) in [5.74, 6) is -0.642. The van der Waals surface area contributed by atoms with Crippen LogP contribution < -0.4 is 16.2 Å². The van der Waals surface area contributed by atoms with E-state index in [1.807, 2.05) is 0 Å². The lowest BCUT2D eigenvalue weighted by Crippen LogP contribution is -2.34. The van der Waals surface area contributed by atoms with Crippen LogP contribution in [0, 0.1) is 0 Å². The van der Waals surface area contributed by atoms with Crippen LogP contribution in [0.5, 0.6) is 0 Å². The van der Waals surface area contributed by atoms with Crippen LogP contribution in [0.2, 0.25) is 10.0 Å². The van der Waals surface area contributed by atoms with Gasteiger partial charge in [-0.25, -0.2) is 5.10 Å². The van der Waals surface area contributed by atoms with Gasteiger partial charge in [0.15, 0.2) is 5.84 Å². The quantitative estimate of drug-likeness (QED) is 0.686. The number of nitrogens with zero attached hydrogens (tertiary/aromatic N) is 2. The SMILES string of the molecule is O=C1CN=C(C(=O)Nc2cc(Cl)c(Cc3cc(C4CC4)c(=O)[nH]n3)c(Cl)c2)N1. The van der Waals surface area contributed by atoms with Crippen molar-refractivity contribution in [2.24, 2.45) is 4.99 Å². The molecule has 2 heterocycles. The van der Waals surface area contributed by atoms with Crippen molar-refractivity contribution in [3.8, 4) is 0 Å². The first kappa shape index (κ1) is 18.6. The minimum atomic E-state index is -0.554. The first-order valence-corrected chi connectivity index (χ1v) is 9.38. The van der Waals surface area contributed by atoms with E-state index >= 15 is 0 Å². The molecule has 10 heteroatoms. The van der Waals surface area contributed by atoms with Gasteiger partial charge in [0.05, 0.1) is 5.69 Å². The largest absolute Gasteiger partial charge is 0.319 e. The highest BCUT2D eigenvalue weighted by atomic mass is 35.5. The van der Waals surface area contributed by atoms with E-state index in [0.717, 1.165) is 18.4 Å². The van der Waals surface area contributed by atoms with Crippen LogP contribution in [0.25, 0.3) is 0 Å². The topological polar surface area (TPSA) is 116 Å². The van der Waals surface area contributed by atoms with E-state index in [1.54, 1.807) is 18.2 Å². The zero-order valence-electron chi connectivity index (χ0n) is 14.5. The Morgan fingerprint density at radius 2 is 1.89 bits per heavy atom. The highest BCUT2D eigenvalue weighted by molar-refractivity contribution is 6.46. The fraction of sp³-hybridized carbons (Fsp3) is 0.278. The highest BCUT2D eigenvalue weighted by Gasteiger charge is 2.27. The number of hydrogen-bond donors (Lipinski definition) is 3. The molecule has 0 unspecified atom stereocenters. The maximum absolute atomic E-state index is 12.1. The van der Waals surface area contributed by atoms with Gasteiger partial charge in [0, 0.05) is 27.7 Å². The standard InChI is InChI=1S/C18H15Cl2N5O3/c19-13-5-9(22-18(28)16-21-7-15(26)23-16)6-14(20)12(13)4-10-3-11(8-1-2-8)17(27)25-24-10/h3,5-6,8H,1-2,4,7H2,(H,22,28)(H,25,27)(H,21,23,26). The van der Waals surface area contributed by atoms with E-state index in [0.29, 0.717) is 39.3 Å². The summed E-state index contributed by atoms with van der Waals surface area (Å²) in [6, 6.07) is 4.91. The molecule has 1 aromatic heterocycles. The molecule has 1 fully saturated rings. The molecule has 3 N–H and O–H groups in total. The van der Waals surface area contributed by atoms with Crippen LogP contribution in [0.4, 0.5) is 5.69 Å². The number of aromatic nitrogens is 2. The Balaban J connectivity index is 1.53. The van der Waals surface area contributed by atoms with Crippen molar-refractivity contribution in [3.63, 3.8) is 0 Å². The Morgan fingerprint density at radius 1 is 1.18 bits per heavy atom. The lowest BCUT2D eigenvalue weighted by molar-refractivity contribution is -0.118. The second-order valence-electron chi connectivity index (χ2n) is 6.68. The van der Waals surface area contributed by atoms with Crippen molar-refractivity contribution < 1.29 is 9.59 Å². The number of anilines is 1. The maximum Gasteiger partial charge on any atom is 0.291 e. The molecule has 4 rings (SSSR count). The Kier molecular flexibility index (Phi) is 4.91. The minimum absolute atomic E-state index is 0.0497. The van der Waals surface area contributed by atoms with Gasteiger partial charge >= 0.3 is 0 Å². The number of carbonyl (C=O) groups is 2. The number of amides is 2. The highest BCUT2D eigenvalue weighted by Crippen LogP contribution is 2.38. The van der Waals surface area contributed by atoms with Gasteiger partial charge in [0.25, 0.3) is 11.5 Å². The van der Waals surface area contributed by atoms with Crippen LogP contribution >= 0.6 is 23.2 Å². The second kappa shape index (κ2) is 7.37. The molecular weight excluding hydrogens is 405 g/mol. The fourth-order valence-corrected chi connectivity index (χ4v) is 3.58. The first-order valence-electron chi connectivity index (χ1n) is 8.63. The number of hydrogen-bond acceptors (Lipinski definition) is 5. The average Bonchev–Trinajstić information content (AvgIpc) is 3.39. The molecule has 8 nitrogen and oxygen atoms in total. The lowest BCUT2D eigenvalue weighted by Gasteiger charge is -2.11. The maximum atomic E-state index is 12.1. The molecule has 144 valence electrons. The Hall–Kier alpha value is -2.71. The van der Waals surface area contributed by atoms with Gasteiger partial charge in [-0.15, -0.1) is 0 Å². The molecule has 2 aromatic rings. The lowest BCUT2D eigenvalue weighted by atomic mass is 10.1. The number of rotatable bonds is 5. The summed E-state index contributed by atoms with van der Waals surface area (Å²) < 4.78 is 0. The summed E-state index contributed by atoms with van der Waals surface area (Å²) in [6.45, 7) is -0.0712. The van der Waals surface area contributed by atoms with E-state index in [-0.39, 0.29) is 23.8 Å². The molecule has 2 amide bonds. The zero-order valence-corrected chi connectivity index (χ0v) is 16.0. The smallest absolute Gasteiger partial charge is 0.291 e. The zero-order chi connectivity index (χ0) is 19.8. The number of halogens is 2. The fourth-order valence-electron chi connectivity index (χ4n) is 2.96. The van der Waals surface area contributed by atoms with Gasteiger partial charge in [-0.1, -0.05) is 23.2 Å².